The lowest BCUT2D eigenvalue weighted by Gasteiger charge is -2.05. The summed E-state index contributed by atoms with van der Waals surface area (Å²) in [6.07, 6.45) is 14.3. The lowest BCUT2D eigenvalue weighted by Crippen LogP contribution is -2.23. The molecule has 0 aliphatic rings. The standard InChI is InChI=1S/C16H33NOS/c1-2-3-4-7-10-13-16(18)17-14-11-8-5-6-9-12-15-19/h19H,2-15H2,1H3,(H,17,18). The van der Waals surface area contributed by atoms with Crippen molar-refractivity contribution in [3.8, 4) is 0 Å². The molecule has 0 aliphatic heterocycles. The Kier molecular flexibility index (Phi) is 15.7. The minimum absolute atomic E-state index is 0.242. The monoisotopic (exact) mass is 287 g/mol. The van der Waals surface area contributed by atoms with Gasteiger partial charge >= 0.3 is 0 Å². The first-order chi connectivity index (χ1) is 9.31. The van der Waals surface area contributed by atoms with Crippen molar-refractivity contribution in [1.82, 2.24) is 5.32 Å². The van der Waals surface area contributed by atoms with Crippen molar-refractivity contribution in [2.45, 2.75) is 84.0 Å². The average molecular weight is 288 g/mol. The van der Waals surface area contributed by atoms with E-state index in [2.05, 4.69) is 24.9 Å². The summed E-state index contributed by atoms with van der Waals surface area (Å²) in [6, 6.07) is 0. The molecule has 0 saturated heterocycles. The zero-order valence-corrected chi connectivity index (χ0v) is 13.6. The summed E-state index contributed by atoms with van der Waals surface area (Å²) < 4.78 is 0. The summed E-state index contributed by atoms with van der Waals surface area (Å²) in [5, 5.41) is 3.02. The second-order valence-corrected chi connectivity index (χ2v) is 5.81. The number of carbonyl (C=O) groups excluding carboxylic acids is 1. The third-order valence-corrected chi connectivity index (χ3v) is 3.73. The van der Waals surface area contributed by atoms with E-state index in [1.54, 1.807) is 0 Å². The topological polar surface area (TPSA) is 29.1 Å². The molecule has 0 spiro atoms. The number of amides is 1. The van der Waals surface area contributed by atoms with Gasteiger partial charge in [-0.25, -0.2) is 0 Å². The van der Waals surface area contributed by atoms with Crippen LogP contribution in [-0.2, 0) is 4.79 Å². The Hall–Kier alpha value is -0.180. The third-order valence-electron chi connectivity index (χ3n) is 3.41. The molecule has 0 unspecified atom stereocenters. The van der Waals surface area contributed by atoms with Gasteiger partial charge in [0.1, 0.15) is 0 Å². The molecule has 0 rings (SSSR count). The van der Waals surface area contributed by atoms with Crippen LogP contribution in [0.5, 0.6) is 0 Å². The highest BCUT2D eigenvalue weighted by Gasteiger charge is 2.00. The first-order valence-electron chi connectivity index (χ1n) is 8.18. The summed E-state index contributed by atoms with van der Waals surface area (Å²) in [5.41, 5.74) is 0. The summed E-state index contributed by atoms with van der Waals surface area (Å²) in [5.74, 6) is 1.25. The second-order valence-electron chi connectivity index (χ2n) is 5.36. The number of hydrogen-bond donors (Lipinski definition) is 2. The van der Waals surface area contributed by atoms with Crippen LogP contribution in [-0.4, -0.2) is 18.2 Å². The minimum Gasteiger partial charge on any atom is -0.356 e. The fourth-order valence-electron chi connectivity index (χ4n) is 2.15. The molecule has 0 bridgehead atoms. The molecule has 3 heteroatoms. The molecule has 0 radical (unpaired) electrons. The minimum atomic E-state index is 0.242. The van der Waals surface area contributed by atoms with Gasteiger partial charge in [-0.1, -0.05) is 58.3 Å². The lowest BCUT2D eigenvalue weighted by molar-refractivity contribution is -0.121. The number of hydrogen-bond acceptors (Lipinski definition) is 2. The Morgan fingerprint density at radius 1 is 0.842 bits per heavy atom. The Morgan fingerprint density at radius 3 is 2.11 bits per heavy atom. The Morgan fingerprint density at radius 2 is 1.42 bits per heavy atom. The fourth-order valence-corrected chi connectivity index (χ4v) is 2.37. The number of thiol groups is 1. The van der Waals surface area contributed by atoms with Crippen LogP contribution in [0.25, 0.3) is 0 Å². The molecule has 114 valence electrons. The van der Waals surface area contributed by atoms with Crippen LogP contribution in [0.4, 0.5) is 0 Å². The molecule has 0 aliphatic carbocycles. The molecule has 19 heavy (non-hydrogen) atoms. The second kappa shape index (κ2) is 15.9. The van der Waals surface area contributed by atoms with Crippen molar-refractivity contribution in [2.75, 3.05) is 12.3 Å². The maximum absolute atomic E-state index is 11.5. The van der Waals surface area contributed by atoms with Crippen molar-refractivity contribution in [1.29, 1.82) is 0 Å². The predicted molar refractivity (Wildman–Crippen MR) is 87.9 cm³/mol. The van der Waals surface area contributed by atoms with Crippen LogP contribution in [0.2, 0.25) is 0 Å². The summed E-state index contributed by atoms with van der Waals surface area (Å²) in [7, 11) is 0. The highest BCUT2D eigenvalue weighted by atomic mass is 32.1. The van der Waals surface area contributed by atoms with Gasteiger partial charge in [0.2, 0.25) is 5.91 Å². The number of unbranched alkanes of at least 4 members (excludes halogenated alkanes) is 9. The molecule has 0 atom stereocenters. The van der Waals surface area contributed by atoms with E-state index in [0.29, 0.717) is 6.42 Å². The van der Waals surface area contributed by atoms with E-state index < -0.39 is 0 Å². The molecule has 1 N–H and O–H groups in total. The summed E-state index contributed by atoms with van der Waals surface area (Å²) in [4.78, 5) is 11.5. The maximum Gasteiger partial charge on any atom is 0.219 e. The van der Waals surface area contributed by atoms with Crippen molar-refractivity contribution < 1.29 is 4.79 Å². The molecular weight excluding hydrogens is 254 g/mol. The van der Waals surface area contributed by atoms with Gasteiger partial charge in [0, 0.05) is 13.0 Å². The Labute approximate surface area is 125 Å². The lowest BCUT2D eigenvalue weighted by atomic mass is 10.1. The Bertz CT molecular complexity index is 197. The van der Waals surface area contributed by atoms with E-state index in [-0.39, 0.29) is 5.91 Å². The van der Waals surface area contributed by atoms with E-state index in [4.69, 9.17) is 0 Å². The first kappa shape index (κ1) is 18.8. The van der Waals surface area contributed by atoms with Crippen LogP contribution in [0.1, 0.15) is 84.0 Å². The Balaban J connectivity index is 3.12. The van der Waals surface area contributed by atoms with E-state index in [1.807, 2.05) is 0 Å². The number of carbonyl (C=O) groups is 1. The average Bonchev–Trinajstić information content (AvgIpc) is 2.41. The maximum atomic E-state index is 11.5. The highest BCUT2D eigenvalue weighted by molar-refractivity contribution is 7.80. The van der Waals surface area contributed by atoms with Crippen LogP contribution in [0.3, 0.4) is 0 Å². The summed E-state index contributed by atoms with van der Waals surface area (Å²) in [6.45, 7) is 3.07. The van der Waals surface area contributed by atoms with Gasteiger partial charge in [-0.05, 0) is 25.0 Å². The van der Waals surface area contributed by atoms with Crippen molar-refractivity contribution in [3.05, 3.63) is 0 Å². The normalized spacial score (nSPS) is 10.6. The van der Waals surface area contributed by atoms with Gasteiger partial charge in [-0.2, -0.15) is 12.6 Å². The van der Waals surface area contributed by atoms with E-state index >= 15 is 0 Å². The molecule has 0 aromatic rings. The van der Waals surface area contributed by atoms with Gasteiger partial charge in [0.15, 0.2) is 0 Å². The fraction of sp³-hybridized carbons (Fsp3) is 0.938. The zero-order chi connectivity index (χ0) is 14.2. The quantitative estimate of drug-likeness (QED) is 0.351. The van der Waals surface area contributed by atoms with Crippen LogP contribution < -0.4 is 5.32 Å². The molecule has 0 heterocycles. The third kappa shape index (κ3) is 15.8. The van der Waals surface area contributed by atoms with Crippen LogP contribution in [0.15, 0.2) is 0 Å². The van der Waals surface area contributed by atoms with Crippen LogP contribution in [0, 0.1) is 0 Å². The van der Waals surface area contributed by atoms with Gasteiger partial charge in [0.05, 0.1) is 0 Å². The van der Waals surface area contributed by atoms with Gasteiger partial charge < -0.3 is 5.32 Å². The molecule has 0 saturated carbocycles. The van der Waals surface area contributed by atoms with Crippen LogP contribution >= 0.6 is 12.6 Å². The number of nitrogens with one attached hydrogen (secondary N) is 1. The predicted octanol–water partition coefficient (Wildman–Crippen LogP) is 4.73. The molecule has 2 nitrogen and oxygen atoms in total. The number of rotatable bonds is 14. The SMILES string of the molecule is CCCCCCCC(=O)NCCCCCCCCS. The smallest absolute Gasteiger partial charge is 0.219 e. The van der Waals surface area contributed by atoms with Gasteiger partial charge in [-0.3, -0.25) is 4.79 Å². The zero-order valence-electron chi connectivity index (χ0n) is 12.8. The van der Waals surface area contributed by atoms with Crippen molar-refractivity contribution >= 4 is 18.5 Å². The summed E-state index contributed by atoms with van der Waals surface area (Å²) >= 11 is 4.20. The molecule has 0 aromatic carbocycles. The highest BCUT2D eigenvalue weighted by Crippen LogP contribution is 2.06. The molecule has 0 aromatic heterocycles. The van der Waals surface area contributed by atoms with E-state index in [1.165, 1.54) is 57.8 Å². The van der Waals surface area contributed by atoms with E-state index in [9.17, 15) is 4.79 Å². The molecule has 1 amide bonds. The van der Waals surface area contributed by atoms with Crippen molar-refractivity contribution in [3.63, 3.8) is 0 Å². The molecular formula is C16H33NOS. The van der Waals surface area contributed by atoms with Gasteiger partial charge in [0.25, 0.3) is 0 Å². The molecule has 0 fully saturated rings. The largest absolute Gasteiger partial charge is 0.356 e. The van der Waals surface area contributed by atoms with Gasteiger partial charge in [-0.15, -0.1) is 0 Å². The van der Waals surface area contributed by atoms with Crippen molar-refractivity contribution in [2.24, 2.45) is 0 Å². The van der Waals surface area contributed by atoms with E-state index in [0.717, 1.165) is 25.1 Å². The first-order valence-corrected chi connectivity index (χ1v) is 8.82.